The maximum atomic E-state index is 12.4. The minimum Gasteiger partial charge on any atom is -0.478 e. The van der Waals surface area contributed by atoms with E-state index in [-0.39, 0.29) is 11.8 Å². The molecule has 0 unspecified atom stereocenters. The number of H-pyrrole nitrogens is 1. The first-order valence-electron chi connectivity index (χ1n) is 10.8. The fourth-order valence-electron chi connectivity index (χ4n) is 3.73. The number of aromatic nitrogens is 4. The minimum absolute atomic E-state index is 0.0650. The average molecular weight is 411 g/mol. The fraction of sp³-hybridized carbons (Fsp3) is 0.500. The van der Waals surface area contributed by atoms with Crippen molar-refractivity contribution in [3.05, 3.63) is 41.9 Å². The molecule has 1 fully saturated rings. The maximum absolute atomic E-state index is 12.4. The number of pyridine rings is 1. The van der Waals surface area contributed by atoms with Gasteiger partial charge in [-0.3, -0.25) is 9.89 Å². The molecule has 1 saturated carbocycles. The van der Waals surface area contributed by atoms with Gasteiger partial charge in [0, 0.05) is 17.7 Å². The van der Waals surface area contributed by atoms with Gasteiger partial charge in [-0.2, -0.15) is 5.10 Å². The Morgan fingerprint density at radius 2 is 2.03 bits per heavy atom. The van der Waals surface area contributed by atoms with E-state index < -0.39 is 0 Å². The summed E-state index contributed by atoms with van der Waals surface area (Å²) in [5.41, 5.74) is 2.77. The molecule has 3 heterocycles. The molecule has 1 amide bonds. The van der Waals surface area contributed by atoms with Crippen molar-refractivity contribution in [1.82, 2.24) is 20.2 Å². The molecule has 2 aromatic rings. The number of rotatable bonds is 6. The van der Waals surface area contributed by atoms with Crippen molar-refractivity contribution in [1.29, 1.82) is 0 Å². The second-order valence-electron chi connectivity index (χ2n) is 7.01. The number of aromatic amines is 1. The van der Waals surface area contributed by atoms with Crippen LogP contribution >= 0.6 is 0 Å². The predicted molar refractivity (Wildman–Crippen MR) is 117 cm³/mol. The van der Waals surface area contributed by atoms with Crippen molar-refractivity contribution in [2.45, 2.75) is 59.3 Å². The highest BCUT2D eigenvalue weighted by molar-refractivity contribution is 6.04. The largest absolute Gasteiger partial charge is 0.478 e. The SMILES string of the molecule is CC.CCOC1=C(c2ncn[nH]2)CCC(c2ccnc(NC(=O)C3CCCC3)c2)=N1. The Hall–Kier alpha value is -3.03. The summed E-state index contributed by atoms with van der Waals surface area (Å²) >= 11 is 0. The Kier molecular flexibility index (Phi) is 7.70. The van der Waals surface area contributed by atoms with Crippen LogP contribution in [0.25, 0.3) is 5.57 Å². The van der Waals surface area contributed by atoms with Gasteiger partial charge in [-0.15, -0.1) is 0 Å². The standard InChI is InChI=1S/C20H24N6O2.C2H6/c1-2-28-20-15(18-22-12-23-26-18)7-8-16(24-20)14-9-10-21-17(11-14)25-19(27)13-5-3-4-6-13;1-2/h9-13H,2-8H2,1H3,(H,21,25,27)(H,22,23,26);1-2H3. The normalized spacial score (nSPS) is 16.6. The molecule has 8 nitrogen and oxygen atoms in total. The van der Waals surface area contributed by atoms with E-state index in [0.717, 1.165) is 55.4 Å². The van der Waals surface area contributed by atoms with E-state index in [1.165, 1.54) is 6.33 Å². The highest BCUT2D eigenvalue weighted by Crippen LogP contribution is 2.30. The van der Waals surface area contributed by atoms with Crippen molar-refractivity contribution < 1.29 is 9.53 Å². The summed E-state index contributed by atoms with van der Waals surface area (Å²) in [6.45, 7) is 6.45. The van der Waals surface area contributed by atoms with E-state index >= 15 is 0 Å². The lowest BCUT2D eigenvalue weighted by Gasteiger charge is -2.18. The van der Waals surface area contributed by atoms with Crippen LogP contribution in [-0.2, 0) is 9.53 Å². The van der Waals surface area contributed by atoms with E-state index in [2.05, 4.69) is 25.5 Å². The molecular weight excluding hydrogens is 380 g/mol. The Bertz CT molecular complexity index is 898. The number of nitrogens with one attached hydrogen (secondary N) is 2. The summed E-state index contributed by atoms with van der Waals surface area (Å²) in [6, 6.07) is 3.79. The smallest absolute Gasteiger partial charge is 0.228 e. The molecule has 30 heavy (non-hydrogen) atoms. The molecule has 0 aromatic carbocycles. The molecule has 2 aromatic heterocycles. The van der Waals surface area contributed by atoms with Crippen LogP contribution in [0.2, 0.25) is 0 Å². The maximum Gasteiger partial charge on any atom is 0.228 e. The number of anilines is 1. The summed E-state index contributed by atoms with van der Waals surface area (Å²) in [7, 11) is 0. The number of hydrogen-bond donors (Lipinski definition) is 2. The molecule has 0 spiro atoms. The first-order valence-corrected chi connectivity index (χ1v) is 10.8. The molecule has 2 aliphatic rings. The van der Waals surface area contributed by atoms with E-state index in [4.69, 9.17) is 9.73 Å². The van der Waals surface area contributed by atoms with Gasteiger partial charge in [-0.25, -0.2) is 15.0 Å². The van der Waals surface area contributed by atoms with Crippen LogP contribution in [0.5, 0.6) is 0 Å². The Labute approximate surface area is 177 Å². The first kappa shape index (κ1) is 21.7. The number of ether oxygens (including phenoxy) is 1. The molecule has 0 atom stereocenters. The lowest BCUT2D eigenvalue weighted by atomic mass is 9.99. The summed E-state index contributed by atoms with van der Waals surface area (Å²) in [5, 5.41) is 9.76. The van der Waals surface area contributed by atoms with Gasteiger partial charge in [-0.1, -0.05) is 26.7 Å². The average Bonchev–Trinajstić information content (AvgIpc) is 3.50. The van der Waals surface area contributed by atoms with Gasteiger partial charge in [0.15, 0.2) is 5.82 Å². The van der Waals surface area contributed by atoms with Crippen LogP contribution in [-0.4, -0.2) is 38.4 Å². The Balaban J connectivity index is 0.00000124. The van der Waals surface area contributed by atoms with Crippen molar-refractivity contribution >= 4 is 23.0 Å². The summed E-state index contributed by atoms with van der Waals surface area (Å²) in [4.78, 5) is 25.6. The summed E-state index contributed by atoms with van der Waals surface area (Å²) in [5.74, 6) is 1.99. The molecule has 2 N–H and O–H groups in total. The number of aliphatic imine (C=N–C) groups is 1. The third-order valence-corrected chi connectivity index (χ3v) is 5.16. The zero-order valence-electron chi connectivity index (χ0n) is 17.9. The topological polar surface area (TPSA) is 105 Å². The number of carbonyl (C=O) groups is 1. The van der Waals surface area contributed by atoms with Crippen LogP contribution in [0.4, 0.5) is 5.82 Å². The lowest BCUT2D eigenvalue weighted by Crippen LogP contribution is -2.21. The fourth-order valence-corrected chi connectivity index (χ4v) is 3.73. The van der Waals surface area contributed by atoms with Crippen LogP contribution in [0, 0.1) is 5.92 Å². The Morgan fingerprint density at radius 3 is 2.73 bits per heavy atom. The van der Waals surface area contributed by atoms with E-state index in [0.29, 0.717) is 24.1 Å². The number of allylic oxidation sites excluding steroid dienone is 1. The third-order valence-electron chi connectivity index (χ3n) is 5.16. The van der Waals surface area contributed by atoms with E-state index in [9.17, 15) is 4.79 Å². The van der Waals surface area contributed by atoms with Gasteiger partial charge in [-0.05, 0) is 44.7 Å². The van der Waals surface area contributed by atoms with Crippen molar-refractivity contribution in [3.8, 4) is 0 Å². The summed E-state index contributed by atoms with van der Waals surface area (Å²) in [6.07, 6.45) is 8.86. The zero-order chi connectivity index (χ0) is 21.3. The van der Waals surface area contributed by atoms with Gasteiger partial charge >= 0.3 is 0 Å². The second-order valence-corrected chi connectivity index (χ2v) is 7.01. The van der Waals surface area contributed by atoms with Gasteiger partial charge in [0.1, 0.15) is 12.1 Å². The van der Waals surface area contributed by atoms with Gasteiger partial charge in [0.2, 0.25) is 11.8 Å². The van der Waals surface area contributed by atoms with Gasteiger partial charge in [0.25, 0.3) is 0 Å². The number of carbonyl (C=O) groups excluding carboxylic acids is 1. The van der Waals surface area contributed by atoms with E-state index in [1.54, 1.807) is 6.20 Å². The number of hydrogen-bond acceptors (Lipinski definition) is 6. The molecule has 0 radical (unpaired) electrons. The van der Waals surface area contributed by atoms with Crippen molar-refractivity contribution in [2.75, 3.05) is 11.9 Å². The van der Waals surface area contributed by atoms with Gasteiger partial charge in [0.05, 0.1) is 17.9 Å². The lowest BCUT2D eigenvalue weighted by molar-refractivity contribution is -0.119. The molecule has 0 saturated heterocycles. The third kappa shape index (κ3) is 5.11. The number of amides is 1. The Morgan fingerprint density at radius 1 is 1.23 bits per heavy atom. The predicted octanol–water partition coefficient (Wildman–Crippen LogP) is 4.34. The van der Waals surface area contributed by atoms with Crippen molar-refractivity contribution in [2.24, 2.45) is 10.9 Å². The number of nitrogens with zero attached hydrogens (tertiary/aromatic N) is 4. The van der Waals surface area contributed by atoms with Crippen molar-refractivity contribution in [3.63, 3.8) is 0 Å². The molecule has 8 heteroatoms. The van der Waals surface area contributed by atoms with Crippen LogP contribution in [0.1, 0.15) is 70.7 Å². The second kappa shape index (κ2) is 10.7. The minimum atomic E-state index is 0.0650. The molecule has 4 rings (SSSR count). The highest BCUT2D eigenvalue weighted by atomic mass is 16.5. The monoisotopic (exact) mass is 410 g/mol. The molecule has 1 aliphatic heterocycles. The summed E-state index contributed by atoms with van der Waals surface area (Å²) < 4.78 is 5.75. The van der Waals surface area contributed by atoms with E-state index in [1.807, 2.05) is 32.9 Å². The van der Waals surface area contributed by atoms with Gasteiger partial charge < -0.3 is 10.1 Å². The highest BCUT2D eigenvalue weighted by Gasteiger charge is 2.24. The van der Waals surface area contributed by atoms with Crippen LogP contribution in [0.15, 0.2) is 35.5 Å². The van der Waals surface area contributed by atoms with Crippen LogP contribution in [0.3, 0.4) is 0 Å². The quantitative estimate of drug-likeness (QED) is 0.737. The first-order chi connectivity index (χ1) is 14.7. The molecular formula is C22H30N6O2. The molecule has 160 valence electrons. The molecule has 1 aliphatic carbocycles. The van der Waals surface area contributed by atoms with Crippen LogP contribution < -0.4 is 5.32 Å². The zero-order valence-corrected chi connectivity index (χ0v) is 17.9. The molecule has 0 bridgehead atoms.